The first-order valence-corrected chi connectivity index (χ1v) is 5.96. The fourth-order valence-corrected chi connectivity index (χ4v) is 1.57. The molecule has 0 aliphatic rings. The van der Waals surface area contributed by atoms with Crippen LogP contribution in [0, 0.1) is 0 Å². The van der Waals surface area contributed by atoms with Crippen molar-refractivity contribution in [1.82, 2.24) is 14.3 Å². The summed E-state index contributed by atoms with van der Waals surface area (Å²) in [7, 11) is 2.98. The second-order valence-corrected chi connectivity index (χ2v) is 4.11. The van der Waals surface area contributed by atoms with Crippen LogP contribution in [-0.2, 0) is 14.1 Å². The van der Waals surface area contributed by atoms with Crippen molar-refractivity contribution in [3.8, 4) is 0 Å². The molecular weight excluding hydrogens is 220 g/mol. The monoisotopic (exact) mass is 240 g/mol. The third kappa shape index (κ3) is 3.44. The van der Waals surface area contributed by atoms with E-state index in [4.69, 9.17) is 0 Å². The molecule has 96 valence electrons. The van der Waals surface area contributed by atoms with Crippen LogP contribution >= 0.6 is 0 Å². The molecule has 6 nitrogen and oxygen atoms in total. The molecule has 0 aliphatic carbocycles. The minimum atomic E-state index is -0.411. The Morgan fingerprint density at radius 1 is 1.18 bits per heavy atom. The first kappa shape index (κ1) is 13.5. The third-order valence-electron chi connectivity index (χ3n) is 2.64. The molecule has 0 aromatic carbocycles. The van der Waals surface area contributed by atoms with Gasteiger partial charge in [-0.2, -0.15) is 0 Å². The maximum atomic E-state index is 11.7. The van der Waals surface area contributed by atoms with Crippen molar-refractivity contribution in [3.63, 3.8) is 0 Å². The minimum absolute atomic E-state index is 0.242. The van der Waals surface area contributed by atoms with Crippen LogP contribution in [0.5, 0.6) is 0 Å². The van der Waals surface area contributed by atoms with Crippen molar-refractivity contribution in [2.24, 2.45) is 14.1 Å². The van der Waals surface area contributed by atoms with Gasteiger partial charge in [-0.3, -0.25) is 9.36 Å². The van der Waals surface area contributed by atoms with E-state index in [1.54, 1.807) is 0 Å². The van der Waals surface area contributed by atoms with Gasteiger partial charge < -0.3 is 5.32 Å². The molecule has 0 aliphatic heterocycles. The van der Waals surface area contributed by atoms with Crippen LogP contribution in [0.2, 0.25) is 0 Å². The van der Waals surface area contributed by atoms with Gasteiger partial charge in [-0.15, -0.1) is 5.10 Å². The van der Waals surface area contributed by atoms with Gasteiger partial charge in [-0.05, 0) is 6.42 Å². The smallest absolute Gasteiger partial charge is 0.346 e. The average Bonchev–Trinajstić information content (AvgIpc) is 2.32. The van der Waals surface area contributed by atoms with Gasteiger partial charge in [0.05, 0.1) is 0 Å². The highest BCUT2D eigenvalue weighted by Crippen LogP contribution is 1.99. The number of aryl methyl sites for hydroxylation is 1. The normalized spacial score (nSPS) is 10.5. The highest BCUT2D eigenvalue weighted by molar-refractivity contribution is 5.29. The van der Waals surface area contributed by atoms with Crippen molar-refractivity contribution < 1.29 is 0 Å². The highest BCUT2D eigenvalue weighted by Gasteiger charge is 2.07. The van der Waals surface area contributed by atoms with Gasteiger partial charge in [0.15, 0.2) is 0 Å². The molecule has 1 rings (SSSR count). The lowest BCUT2D eigenvalue weighted by atomic mass is 10.2. The van der Waals surface area contributed by atoms with Gasteiger partial charge in [0.2, 0.25) is 5.82 Å². The maximum absolute atomic E-state index is 11.7. The number of unbranched alkanes of at least 4 members (excludes halogenated alkanes) is 3. The Hall–Kier alpha value is -1.59. The number of hydrogen-bond donors (Lipinski definition) is 1. The summed E-state index contributed by atoms with van der Waals surface area (Å²) >= 11 is 0. The summed E-state index contributed by atoms with van der Waals surface area (Å²) in [5.41, 5.74) is -0.782. The molecule has 0 fully saturated rings. The molecule has 0 saturated heterocycles. The molecular formula is C11H20N4O2. The van der Waals surface area contributed by atoms with E-state index in [1.165, 1.54) is 26.9 Å². The summed E-state index contributed by atoms with van der Waals surface area (Å²) in [6, 6.07) is 0. The van der Waals surface area contributed by atoms with Crippen LogP contribution in [0.15, 0.2) is 9.59 Å². The topological polar surface area (TPSA) is 68.9 Å². The predicted molar refractivity (Wildman–Crippen MR) is 67.4 cm³/mol. The lowest BCUT2D eigenvalue weighted by molar-refractivity contribution is 0.602. The molecule has 1 N–H and O–H groups in total. The quantitative estimate of drug-likeness (QED) is 0.734. The predicted octanol–water partition coefficient (Wildman–Crippen LogP) is 0.471. The molecule has 0 atom stereocenters. The van der Waals surface area contributed by atoms with Gasteiger partial charge in [0.1, 0.15) is 0 Å². The standard InChI is InChI=1S/C11H20N4O2/c1-4-5-6-7-8-12-9-10(16)14(2)11(17)15(3)13-9/h4-8H2,1-3H3,(H,12,13). The van der Waals surface area contributed by atoms with Crippen LogP contribution in [0.25, 0.3) is 0 Å². The van der Waals surface area contributed by atoms with Gasteiger partial charge in [0.25, 0.3) is 5.56 Å². The molecule has 0 amide bonds. The number of aromatic nitrogens is 3. The fourth-order valence-electron chi connectivity index (χ4n) is 1.57. The van der Waals surface area contributed by atoms with Crippen LogP contribution < -0.4 is 16.6 Å². The number of nitrogens with one attached hydrogen (secondary N) is 1. The van der Waals surface area contributed by atoms with Crippen molar-refractivity contribution in [3.05, 3.63) is 20.8 Å². The van der Waals surface area contributed by atoms with Gasteiger partial charge >= 0.3 is 5.69 Å². The summed E-state index contributed by atoms with van der Waals surface area (Å²) in [6.45, 7) is 2.86. The second-order valence-electron chi connectivity index (χ2n) is 4.11. The largest absolute Gasteiger partial charge is 0.364 e. The van der Waals surface area contributed by atoms with Crippen LogP contribution in [0.1, 0.15) is 32.6 Å². The van der Waals surface area contributed by atoms with E-state index in [1.807, 2.05) is 0 Å². The van der Waals surface area contributed by atoms with Crippen LogP contribution in [0.3, 0.4) is 0 Å². The zero-order valence-corrected chi connectivity index (χ0v) is 10.7. The van der Waals surface area contributed by atoms with Crippen LogP contribution in [0.4, 0.5) is 5.82 Å². The zero-order chi connectivity index (χ0) is 12.8. The Kier molecular flexibility index (Phi) is 4.93. The molecule has 17 heavy (non-hydrogen) atoms. The first-order chi connectivity index (χ1) is 8.07. The van der Waals surface area contributed by atoms with Gasteiger partial charge in [0, 0.05) is 20.6 Å². The Morgan fingerprint density at radius 3 is 2.53 bits per heavy atom. The van der Waals surface area contributed by atoms with E-state index < -0.39 is 5.69 Å². The van der Waals surface area contributed by atoms with E-state index in [-0.39, 0.29) is 11.4 Å². The Balaban J connectivity index is 2.66. The van der Waals surface area contributed by atoms with Crippen molar-refractivity contribution in [2.75, 3.05) is 11.9 Å². The number of hydrogen-bond acceptors (Lipinski definition) is 4. The van der Waals surface area contributed by atoms with E-state index in [9.17, 15) is 9.59 Å². The Labute approximate surface area is 100 Å². The summed E-state index contributed by atoms with van der Waals surface area (Å²) in [5, 5.41) is 6.89. The van der Waals surface area contributed by atoms with Crippen molar-refractivity contribution in [1.29, 1.82) is 0 Å². The maximum Gasteiger partial charge on any atom is 0.346 e. The molecule has 1 heterocycles. The number of nitrogens with zero attached hydrogens (tertiary/aromatic N) is 3. The van der Waals surface area contributed by atoms with E-state index in [0.717, 1.165) is 22.1 Å². The molecule has 6 heteroatoms. The average molecular weight is 240 g/mol. The van der Waals surface area contributed by atoms with Crippen molar-refractivity contribution >= 4 is 5.82 Å². The van der Waals surface area contributed by atoms with Gasteiger partial charge in [-0.1, -0.05) is 26.2 Å². The summed E-state index contributed by atoms with van der Waals surface area (Å²) in [6.07, 6.45) is 4.51. The van der Waals surface area contributed by atoms with Crippen molar-refractivity contribution in [2.45, 2.75) is 32.6 Å². The van der Waals surface area contributed by atoms with Crippen LogP contribution in [-0.4, -0.2) is 20.9 Å². The Morgan fingerprint density at radius 2 is 1.88 bits per heavy atom. The fraction of sp³-hybridized carbons (Fsp3) is 0.727. The summed E-state index contributed by atoms with van der Waals surface area (Å²) in [4.78, 5) is 23.1. The lowest BCUT2D eigenvalue weighted by Gasteiger charge is -2.07. The molecule has 1 aromatic heterocycles. The molecule has 0 bridgehead atoms. The SMILES string of the molecule is CCCCCCNc1nn(C)c(=O)n(C)c1=O. The lowest BCUT2D eigenvalue weighted by Crippen LogP contribution is -2.40. The molecule has 0 saturated carbocycles. The highest BCUT2D eigenvalue weighted by atomic mass is 16.2. The number of rotatable bonds is 6. The summed E-state index contributed by atoms with van der Waals surface area (Å²) < 4.78 is 2.22. The summed E-state index contributed by atoms with van der Waals surface area (Å²) in [5.74, 6) is 0.242. The van der Waals surface area contributed by atoms with E-state index in [2.05, 4.69) is 17.3 Å². The van der Waals surface area contributed by atoms with E-state index in [0.29, 0.717) is 6.54 Å². The number of anilines is 1. The molecule has 0 unspecified atom stereocenters. The molecule has 0 spiro atoms. The zero-order valence-electron chi connectivity index (χ0n) is 10.7. The Bertz CT molecular complexity index is 475. The van der Waals surface area contributed by atoms with Gasteiger partial charge in [-0.25, -0.2) is 9.48 Å². The first-order valence-electron chi connectivity index (χ1n) is 5.96. The van der Waals surface area contributed by atoms with E-state index >= 15 is 0 Å². The second kappa shape index (κ2) is 6.22. The molecule has 0 radical (unpaired) electrons. The third-order valence-corrected chi connectivity index (χ3v) is 2.64. The molecule has 1 aromatic rings. The minimum Gasteiger partial charge on any atom is -0.364 e.